The molecule has 0 aromatic heterocycles. The van der Waals surface area contributed by atoms with E-state index in [4.69, 9.17) is 11.5 Å². The standard InChI is InChI=1S/C14H17N3O3/c1-8-3-2-4-9-10(8)7-17(14(9)20)11(13(16)19)5-6-12(15)18/h2-4,11H,5-7H2,1H3,(H2,15,18)(H2,16,19). The molecule has 1 aromatic carbocycles. The molecule has 0 fully saturated rings. The van der Waals surface area contributed by atoms with Crippen LogP contribution in [0.25, 0.3) is 0 Å². The highest BCUT2D eigenvalue weighted by atomic mass is 16.2. The van der Waals surface area contributed by atoms with Crippen molar-refractivity contribution < 1.29 is 14.4 Å². The topological polar surface area (TPSA) is 106 Å². The van der Waals surface area contributed by atoms with Crippen molar-refractivity contribution in [1.82, 2.24) is 4.90 Å². The molecule has 1 aliphatic heterocycles. The number of fused-ring (bicyclic) bond motifs is 1. The van der Waals surface area contributed by atoms with Crippen molar-refractivity contribution in [1.29, 1.82) is 0 Å². The van der Waals surface area contributed by atoms with Gasteiger partial charge in [0, 0.05) is 18.5 Å². The predicted molar refractivity (Wildman–Crippen MR) is 72.5 cm³/mol. The summed E-state index contributed by atoms with van der Waals surface area (Å²) >= 11 is 0. The first-order chi connectivity index (χ1) is 9.41. The molecule has 6 nitrogen and oxygen atoms in total. The molecule has 0 saturated carbocycles. The Kier molecular flexibility index (Phi) is 3.74. The minimum Gasteiger partial charge on any atom is -0.370 e. The van der Waals surface area contributed by atoms with E-state index in [0.717, 1.165) is 11.1 Å². The normalized spacial score (nSPS) is 15.1. The van der Waals surface area contributed by atoms with Crippen molar-refractivity contribution in [3.05, 3.63) is 34.9 Å². The molecule has 0 radical (unpaired) electrons. The molecule has 6 heteroatoms. The fourth-order valence-corrected chi connectivity index (χ4v) is 2.49. The molecule has 0 aliphatic carbocycles. The summed E-state index contributed by atoms with van der Waals surface area (Å²) in [5.74, 6) is -1.36. The summed E-state index contributed by atoms with van der Waals surface area (Å²) in [4.78, 5) is 36.2. The van der Waals surface area contributed by atoms with Crippen molar-refractivity contribution in [2.24, 2.45) is 11.5 Å². The Morgan fingerprint density at radius 3 is 2.60 bits per heavy atom. The zero-order chi connectivity index (χ0) is 14.9. The number of nitrogens with two attached hydrogens (primary N) is 2. The Morgan fingerprint density at radius 2 is 2.05 bits per heavy atom. The summed E-state index contributed by atoms with van der Waals surface area (Å²) in [6.07, 6.45) is 0.177. The van der Waals surface area contributed by atoms with Crippen LogP contribution < -0.4 is 11.5 Å². The maximum Gasteiger partial charge on any atom is 0.255 e. The first-order valence-corrected chi connectivity index (χ1v) is 6.39. The summed E-state index contributed by atoms with van der Waals surface area (Å²) in [5.41, 5.74) is 12.9. The SMILES string of the molecule is Cc1cccc2c1CN(C(CCC(N)=O)C(N)=O)C2=O. The van der Waals surface area contributed by atoms with E-state index in [1.54, 1.807) is 12.1 Å². The van der Waals surface area contributed by atoms with Gasteiger partial charge < -0.3 is 16.4 Å². The van der Waals surface area contributed by atoms with Crippen molar-refractivity contribution >= 4 is 17.7 Å². The highest BCUT2D eigenvalue weighted by Crippen LogP contribution is 2.28. The molecule has 4 N–H and O–H groups in total. The van der Waals surface area contributed by atoms with Gasteiger partial charge in [0.05, 0.1) is 0 Å². The van der Waals surface area contributed by atoms with Crippen LogP contribution >= 0.6 is 0 Å². The molecule has 1 aromatic rings. The number of nitrogens with zero attached hydrogens (tertiary/aromatic N) is 1. The van der Waals surface area contributed by atoms with Gasteiger partial charge in [-0.25, -0.2) is 0 Å². The van der Waals surface area contributed by atoms with Gasteiger partial charge in [-0.1, -0.05) is 12.1 Å². The highest BCUT2D eigenvalue weighted by molar-refractivity contribution is 6.01. The van der Waals surface area contributed by atoms with E-state index < -0.39 is 17.9 Å². The second kappa shape index (κ2) is 5.32. The Morgan fingerprint density at radius 1 is 1.35 bits per heavy atom. The van der Waals surface area contributed by atoms with E-state index in [1.165, 1.54) is 4.90 Å². The van der Waals surface area contributed by atoms with Crippen LogP contribution in [0.2, 0.25) is 0 Å². The van der Waals surface area contributed by atoms with Crippen LogP contribution in [0.15, 0.2) is 18.2 Å². The molecule has 0 spiro atoms. The number of rotatable bonds is 5. The molecule has 0 saturated heterocycles. The molecule has 3 amide bonds. The van der Waals surface area contributed by atoms with Crippen molar-refractivity contribution in [3.63, 3.8) is 0 Å². The molecular formula is C14H17N3O3. The van der Waals surface area contributed by atoms with Gasteiger partial charge in [-0.2, -0.15) is 0 Å². The number of amides is 3. The number of aryl methyl sites for hydroxylation is 1. The maximum absolute atomic E-state index is 12.3. The van der Waals surface area contributed by atoms with Gasteiger partial charge in [0.25, 0.3) is 5.91 Å². The number of carbonyl (C=O) groups is 3. The molecule has 1 atom stereocenters. The van der Waals surface area contributed by atoms with Gasteiger partial charge >= 0.3 is 0 Å². The smallest absolute Gasteiger partial charge is 0.255 e. The van der Waals surface area contributed by atoms with Gasteiger partial charge in [0.2, 0.25) is 11.8 Å². The van der Waals surface area contributed by atoms with E-state index in [2.05, 4.69) is 0 Å². The van der Waals surface area contributed by atoms with Gasteiger partial charge in [-0.3, -0.25) is 14.4 Å². The quantitative estimate of drug-likeness (QED) is 0.794. The minimum atomic E-state index is -0.804. The molecule has 2 rings (SSSR count). The van der Waals surface area contributed by atoms with E-state index in [0.29, 0.717) is 12.1 Å². The summed E-state index contributed by atoms with van der Waals surface area (Å²) in [5, 5.41) is 0. The third kappa shape index (κ3) is 2.49. The fourth-order valence-electron chi connectivity index (χ4n) is 2.49. The lowest BCUT2D eigenvalue weighted by molar-refractivity contribution is -0.123. The fraction of sp³-hybridized carbons (Fsp3) is 0.357. The van der Waals surface area contributed by atoms with Crippen LogP contribution in [-0.2, 0) is 16.1 Å². The lowest BCUT2D eigenvalue weighted by atomic mass is 10.1. The summed E-state index contributed by atoms with van der Waals surface area (Å²) in [6, 6.07) is 4.65. The Labute approximate surface area is 116 Å². The second-order valence-electron chi connectivity index (χ2n) is 4.96. The van der Waals surface area contributed by atoms with E-state index in [1.807, 2.05) is 13.0 Å². The van der Waals surface area contributed by atoms with E-state index in [9.17, 15) is 14.4 Å². The molecule has 0 bridgehead atoms. The lowest BCUT2D eigenvalue weighted by Gasteiger charge is -2.24. The Bertz CT molecular complexity index is 583. The minimum absolute atomic E-state index is 0.0205. The van der Waals surface area contributed by atoms with Gasteiger partial charge in [0.1, 0.15) is 6.04 Å². The third-order valence-corrected chi connectivity index (χ3v) is 3.60. The summed E-state index contributed by atoms with van der Waals surface area (Å²) in [6.45, 7) is 2.26. The summed E-state index contributed by atoms with van der Waals surface area (Å²) in [7, 11) is 0. The number of hydrogen-bond donors (Lipinski definition) is 2. The average molecular weight is 275 g/mol. The van der Waals surface area contributed by atoms with Gasteiger partial charge in [-0.15, -0.1) is 0 Å². The van der Waals surface area contributed by atoms with E-state index >= 15 is 0 Å². The van der Waals surface area contributed by atoms with Gasteiger partial charge in [-0.05, 0) is 30.5 Å². The largest absolute Gasteiger partial charge is 0.370 e. The average Bonchev–Trinajstić information content (AvgIpc) is 2.69. The van der Waals surface area contributed by atoms with Crippen LogP contribution in [0, 0.1) is 6.92 Å². The highest BCUT2D eigenvalue weighted by Gasteiger charge is 2.35. The lowest BCUT2D eigenvalue weighted by Crippen LogP contribution is -2.45. The number of hydrogen-bond acceptors (Lipinski definition) is 3. The number of carbonyl (C=O) groups excluding carboxylic acids is 3. The molecule has 1 aliphatic rings. The molecule has 1 heterocycles. The van der Waals surface area contributed by atoms with Crippen LogP contribution in [0.5, 0.6) is 0 Å². The zero-order valence-electron chi connectivity index (χ0n) is 11.3. The molecule has 1 unspecified atom stereocenters. The van der Waals surface area contributed by atoms with Crippen molar-refractivity contribution in [2.75, 3.05) is 0 Å². The molecule has 106 valence electrons. The Hall–Kier alpha value is -2.37. The van der Waals surface area contributed by atoms with Crippen LogP contribution in [0.4, 0.5) is 0 Å². The number of benzene rings is 1. The first kappa shape index (κ1) is 14.0. The summed E-state index contributed by atoms with van der Waals surface area (Å²) < 4.78 is 0. The maximum atomic E-state index is 12.3. The van der Waals surface area contributed by atoms with Crippen molar-refractivity contribution in [2.45, 2.75) is 32.4 Å². The number of primary amides is 2. The van der Waals surface area contributed by atoms with Crippen LogP contribution in [0.1, 0.15) is 34.3 Å². The predicted octanol–water partition coefficient (Wildman–Crippen LogP) is 0.0702. The van der Waals surface area contributed by atoms with Gasteiger partial charge in [0.15, 0.2) is 0 Å². The van der Waals surface area contributed by atoms with Crippen LogP contribution in [-0.4, -0.2) is 28.7 Å². The van der Waals surface area contributed by atoms with Crippen molar-refractivity contribution in [3.8, 4) is 0 Å². The zero-order valence-corrected chi connectivity index (χ0v) is 11.3. The van der Waals surface area contributed by atoms with Crippen LogP contribution in [0.3, 0.4) is 0 Å². The second-order valence-corrected chi connectivity index (χ2v) is 4.96. The molecular weight excluding hydrogens is 258 g/mol. The molecule has 20 heavy (non-hydrogen) atoms. The third-order valence-electron chi connectivity index (χ3n) is 3.60. The Balaban J connectivity index is 2.25. The first-order valence-electron chi connectivity index (χ1n) is 6.39. The van der Waals surface area contributed by atoms with E-state index in [-0.39, 0.29) is 18.7 Å². The monoisotopic (exact) mass is 275 g/mol.